The molecule has 0 amide bonds. The normalized spacial score (nSPS) is 16.3. The smallest absolute Gasteiger partial charge is 0.415 e. The number of alkyl halides is 9. The van der Waals surface area contributed by atoms with Gasteiger partial charge in [-0.25, -0.2) is 0 Å². The number of methoxy groups -OCH3 is 1. The number of rotatable bonds is 11. The van der Waals surface area contributed by atoms with Gasteiger partial charge in [-0.3, -0.25) is 0 Å². The molecule has 0 spiro atoms. The molecule has 1 aliphatic rings. The van der Waals surface area contributed by atoms with Gasteiger partial charge in [0.15, 0.2) is 8.32 Å². The SMILES string of the molecule is COC1(c2ccc(C(F)(F)F)cc2CN(Cc2cc(C(F)(F)F)cc(C(F)(F)F)c2)c2nnn(CCO[Si](C)(C)C(C)(C)C)n2)CCCCCC1. The molecule has 1 heterocycles. The first-order valence-corrected chi connectivity index (χ1v) is 19.6. The number of hydrogen-bond donors (Lipinski definition) is 0. The number of benzene rings is 2. The van der Waals surface area contributed by atoms with Gasteiger partial charge >= 0.3 is 18.5 Å². The number of tetrazole rings is 1. The zero-order valence-corrected chi connectivity index (χ0v) is 30.5. The van der Waals surface area contributed by atoms with Crippen LogP contribution in [0.3, 0.4) is 0 Å². The van der Waals surface area contributed by atoms with Crippen molar-refractivity contribution >= 4 is 14.3 Å². The van der Waals surface area contributed by atoms with Crippen molar-refractivity contribution in [2.75, 3.05) is 18.6 Å². The maximum Gasteiger partial charge on any atom is 0.416 e. The largest absolute Gasteiger partial charge is 0.416 e. The second kappa shape index (κ2) is 15.0. The molecule has 0 atom stereocenters. The topological polar surface area (TPSA) is 65.3 Å². The molecular formula is C34H44F9N5O2Si. The molecule has 17 heteroatoms. The zero-order chi connectivity index (χ0) is 38.0. The lowest BCUT2D eigenvalue weighted by atomic mass is 9.82. The summed E-state index contributed by atoms with van der Waals surface area (Å²) in [6.45, 7) is 9.58. The van der Waals surface area contributed by atoms with E-state index in [4.69, 9.17) is 9.16 Å². The fraction of sp³-hybridized carbons (Fsp3) is 0.618. The Morgan fingerprint density at radius 1 is 0.784 bits per heavy atom. The Kier molecular flexibility index (Phi) is 12.0. The number of anilines is 1. The predicted molar refractivity (Wildman–Crippen MR) is 175 cm³/mol. The summed E-state index contributed by atoms with van der Waals surface area (Å²) >= 11 is 0. The quantitative estimate of drug-likeness (QED) is 0.110. The van der Waals surface area contributed by atoms with Crippen LogP contribution in [-0.4, -0.2) is 42.2 Å². The van der Waals surface area contributed by atoms with Crippen LogP contribution in [0, 0.1) is 0 Å². The van der Waals surface area contributed by atoms with Crippen LogP contribution in [0.15, 0.2) is 36.4 Å². The molecule has 0 radical (unpaired) electrons. The summed E-state index contributed by atoms with van der Waals surface area (Å²) in [5.74, 6) is -0.205. The molecule has 4 rings (SSSR count). The van der Waals surface area contributed by atoms with Crippen LogP contribution in [0.4, 0.5) is 45.5 Å². The lowest BCUT2D eigenvalue weighted by Crippen LogP contribution is -2.41. The molecular weight excluding hydrogens is 709 g/mol. The highest BCUT2D eigenvalue weighted by Gasteiger charge is 2.40. The third-order valence-corrected chi connectivity index (χ3v) is 14.4. The highest BCUT2D eigenvalue weighted by atomic mass is 28.4. The third kappa shape index (κ3) is 10.0. The minimum Gasteiger partial charge on any atom is -0.415 e. The summed E-state index contributed by atoms with van der Waals surface area (Å²) in [5, 5.41) is 12.3. The van der Waals surface area contributed by atoms with E-state index < -0.39 is 67.8 Å². The summed E-state index contributed by atoms with van der Waals surface area (Å²) in [5.41, 5.74) is -4.83. The third-order valence-electron chi connectivity index (χ3n) is 9.89. The van der Waals surface area contributed by atoms with Crippen LogP contribution >= 0.6 is 0 Å². The fourth-order valence-electron chi connectivity index (χ4n) is 6.02. The monoisotopic (exact) mass is 753 g/mol. The molecule has 0 unspecified atom stereocenters. The van der Waals surface area contributed by atoms with Crippen LogP contribution in [0.2, 0.25) is 18.1 Å². The fourth-order valence-corrected chi connectivity index (χ4v) is 7.05. The van der Waals surface area contributed by atoms with E-state index in [0.717, 1.165) is 37.8 Å². The van der Waals surface area contributed by atoms with Gasteiger partial charge in [-0.2, -0.15) is 44.3 Å². The van der Waals surface area contributed by atoms with Crippen LogP contribution in [0.25, 0.3) is 0 Å². The van der Waals surface area contributed by atoms with Crippen molar-refractivity contribution < 1.29 is 48.7 Å². The Labute approximate surface area is 292 Å². The van der Waals surface area contributed by atoms with E-state index in [1.807, 2.05) is 13.1 Å². The molecule has 0 N–H and O–H groups in total. The van der Waals surface area contributed by atoms with Gasteiger partial charge in [-0.05, 0) is 83.2 Å². The number of nitrogens with zero attached hydrogens (tertiary/aromatic N) is 5. The van der Waals surface area contributed by atoms with Gasteiger partial charge in [0.2, 0.25) is 0 Å². The van der Waals surface area contributed by atoms with Crippen molar-refractivity contribution in [3.63, 3.8) is 0 Å². The minimum absolute atomic E-state index is 0.0179. The van der Waals surface area contributed by atoms with Gasteiger partial charge in [0.05, 0.1) is 35.4 Å². The van der Waals surface area contributed by atoms with E-state index >= 15 is 0 Å². The molecule has 7 nitrogen and oxygen atoms in total. The van der Waals surface area contributed by atoms with E-state index in [1.54, 1.807) is 0 Å². The molecule has 51 heavy (non-hydrogen) atoms. The second-order valence-electron chi connectivity index (χ2n) is 14.5. The first-order valence-electron chi connectivity index (χ1n) is 16.7. The Hall–Kier alpha value is -3.18. The van der Waals surface area contributed by atoms with E-state index in [0.29, 0.717) is 30.5 Å². The lowest BCUT2D eigenvalue weighted by molar-refractivity contribution is -0.143. The molecule has 2 aromatic carbocycles. The van der Waals surface area contributed by atoms with Gasteiger partial charge in [-0.1, -0.05) is 57.6 Å². The van der Waals surface area contributed by atoms with E-state index in [9.17, 15) is 39.5 Å². The average molecular weight is 754 g/mol. The molecule has 1 fully saturated rings. The lowest BCUT2D eigenvalue weighted by Gasteiger charge is -2.36. The van der Waals surface area contributed by atoms with E-state index in [2.05, 4.69) is 36.2 Å². The average Bonchev–Trinajstić information content (AvgIpc) is 3.34. The molecule has 0 bridgehead atoms. The maximum atomic E-state index is 14.1. The van der Waals surface area contributed by atoms with Crippen LogP contribution in [-0.2, 0) is 52.9 Å². The molecule has 0 aliphatic heterocycles. The standard InChI is InChI=1S/C34H44F9N5O2Si/c1-30(2,3)51(5,6)50-16-15-48-45-29(44-46-48)47(21-23-17-26(33(38,39)40)20-27(18-23)34(41,42)43)22-24-19-25(32(35,36)37)11-12-28(24)31(49-4)13-9-7-8-10-14-31/h11-12,17-20H,7-10,13-16,21-22H2,1-6H3. The molecule has 1 aromatic heterocycles. The number of halogens is 9. The summed E-state index contributed by atoms with van der Waals surface area (Å²) in [6, 6.07) is 4.42. The summed E-state index contributed by atoms with van der Waals surface area (Å²) in [7, 11) is -0.686. The van der Waals surface area contributed by atoms with Gasteiger partial charge in [0.1, 0.15) is 0 Å². The van der Waals surface area contributed by atoms with Gasteiger partial charge in [0.25, 0.3) is 5.95 Å². The van der Waals surface area contributed by atoms with Crippen LogP contribution in [0.5, 0.6) is 0 Å². The van der Waals surface area contributed by atoms with Crippen molar-refractivity contribution in [2.24, 2.45) is 0 Å². The van der Waals surface area contributed by atoms with Crippen molar-refractivity contribution in [3.8, 4) is 0 Å². The number of hydrogen-bond acceptors (Lipinski definition) is 6. The molecule has 3 aromatic rings. The van der Waals surface area contributed by atoms with Crippen molar-refractivity contribution in [2.45, 2.75) is 121 Å². The van der Waals surface area contributed by atoms with Gasteiger partial charge in [-0.15, -0.1) is 5.10 Å². The molecule has 1 aliphatic carbocycles. The number of ether oxygens (including phenoxy) is 1. The summed E-state index contributed by atoms with van der Waals surface area (Å²) in [4.78, 5) is 2.41. The van der Waals surface area contributed by atoms with Crippen molar-refractivity contribution in [3.05, 3.63) is 69.8 Å². The molecule has 0 saturated heterocycles. The number of aromatic nitrogens is 4. The van der Waals surface area contributed by atoms with E-state index in [-0.39, 0.29) is 35.8 Å². The van der Waals surface area contributed by atoms with E-state index in [1.165, 1.54) is 22.9 Å². The highest BCUT2D eigenvalue weighted by Crippen LogP contribution is 2.43. The minimum atomic E-state index is -5.11. The second-order valence-corrected chi connectivity index (χ2v) is 19.4. The van der Waals surface area contributed by atoms with Gasteiger partial charge in [0, 0.05) is 20.2 Å². The summed E-state index contributed by atoms with van der Waals surface area (Å²) < 4.78 is 137. The van der Waals surface area contributed by atoms with Crippen LogP contribution in [0.1, 0.15) is 92.7 Å². The van der Waals surface area contributed by atoms with Crippen LogP contribution < -0.4 is 4.90 Å². The Bertz CT molecular complexity index is 1590. The van der Waals surface area contributed by atoms with Crippen molar-refractivity contribution in [1.82, 2.24) is 20.2 Å². The Balaban J connectivity index is 1.82. The maximum absolute atomic E-state index is 14.1. The Morgan fingerprint density at radius 2 is 1.35 bits per heavy atom. The summed E-state index contributed by atoms with van der Waals surface area (Å²) in [6.07, 6.45) is -10.6. The van der Waals surface area contributed by atoms with Gasteiger partial charge < -0.3 is 14.1 Å². The first-order chi connectivity index (χ1) is 23.4. The first kappa shape index (κ1) is 40.6. The molecule has 284 valence electrons. The molecule has 1 saturated carbocycles. The van der Waals surface area contributed by atoms with Crippen molar-refractivity contribution in [1.29, 1.82) is 0 Å². The zero-order valence-electron chi connectivity index (χ0n) is 29.5. The Morgan fingerprint density at radius 3 is 1.86 bits per heavy atom. The highest BCUT2D eigenvalue weighted by molar-refractivity contribution is 6.74. The predicted octanol–water partition coefficient (Wildman–Crippen LogP) is 10.2.